The van der Waals surface area contributed by atoms with Gasteiger partial charge < -0.3 is 15.5 Å². The van der Waals surface area contributed by atoms with E-state index in [4.69, 9.17) is 10.2 Å². The molecular weight excluding hydrogens is 280 g/mol. The highest BCUT2D eigenvalue weighted by atomic mass is 79.9. The smallest absolute Gasteiger partial charge is 0.148 e. The van der Waals surface area contributed by atoms with Crippen molar-refractivity contribution >= 4 is 26.9 Å². The molecule has 0 aliphatic heterocycles. The Bertz CT molecular complexity index is 495. The van der Waals surface area contributed by atoms with E-state index in [1.165, 1.54) is 0 Å². The third-order valence-electron chi connectivity index (χ3n) is 2.77. The predicted molar refractivity (Wildman–Crippen MR) is 73.9 cm³/mol. The molecule has 0 amide bonds. The van der Waals surface area contributed by atoms with Crippen LogP contribution in [0.1, 0.15) is 19.1 Å². The molecule has 92 valence electrons. The summed E-state index contributed by atoms with van der Waals surface area (Å²) in [5, 5.41) is 4.52. The lowest BCUT2D eigenvalue weighted by Gasteiger charge is -2.10. The lowest BCUT2D eigenvalue weighted by molar-refractivity contribution is 0.461. The molecule has 1 unspecified atom stereocenters. The van der Waals surface area contributed by atoms with E-state index in [-0.39, 0.29) is 0 Å². The number of nitrogens with one attached hydrogen (secondary N) is 1. The molecule has 1 aromatic heterocycles. The van der Waals surface area contributed by atoms with Gasteiger partial charge in [-0.05, 0) is 48.0 Å². The van der Waals surface area contributed by atoms with Gasteiger partial charge in [0, 0.05) is 11.4 Å². The molecule has 17 heavy (non-hydrogen) atoms. The molecule has 0 aliphatic carbocycles. The molecule has 2 aromatic rings. The average Bonchev–Trinajstić information content (AvgIpc) is 2.71. The first-order valence-electron chi connectivity index (χ1n) is 5.81. The van der Waals surface area contributed by atoms with Crippen molar-refractivity contribution < 1.29 is 4.42 Å². The van der Waals surface area contributed by atoms with E-state index in [0.29, 0.717) is 12.6 Å². The molecule has 0 spiro atoms. The number of hydrogen-bond donors (Lipinski definition) is 2. The number of nitrogens with two attached hydrogens (primary N) is 1. The van der Waals surface area contributed by atoms with Crippen LogP contribution in [0, 0.1) is 0 Å². The maximum atomic E-state index is 5.79. The van der Waals surface area contributed by atoms with Gasteiger partial charge >= 0.3 is 0 Å². The van der Waals surface area contributed by atoms with Crippen molar-refractivity contribution in [1.82, 2.24) is 5.32 Å². The molecule has 1 atom stereocenters. The lowest BCUT2D eigenvalue weighted by atomic mass is 10.2. The second-order valence-corrected chi connectivity index (χ2v) is 5.08. The molecule has 1 heterocycles. The van der Waals surface area contributed by atoms with E-state index >= 15 is 0 Å². The maximum Gasteiger partial charge on any atom is 0.148 e. The van der Waals surface area contributed by atoms with Crippen molar-refractivity contribution in [1.29, 1.82) is 0 Å². The van der Waals surface area contributed by atoms with Crippen LogP contribution in [0.15, 0.2) is 33.2 Å². The van der Waals surface area contributed by atoms with Crippen LogP contribution in [0.2, 0.25) is 0 Å². The zero-order valence-electron chi connectivity index (χ0n) is 9.87. The third-order valence-corrected chi connectivity index (χ3v) is 3.40. The van der Waals surface area contributed by atoms with Gasteiger partial charge in [-0.25, -0.2) is 0 Å². The fourth-order valence-corrected chi connectivity index (χ4v) is 2.26. The van der Waals surface area contributed by atoms with E-state index in [9.17, 15) is 0 Å². The van der Waals surface area contributed by atoms with E-state index in [1.54, 1.807) is 0 Å². The van der Waals surface area contributed by atoms with Crippen LogP contribution in [0.4, 0.5) is 0 Å². The Balaban J connectivity index is 2.07. The number of halogens is 1. The first-order valence-corrected chi connectivity index (χ1v) is 6.60. The maximum absolute atomic E-state index is 5.79. The van der Waals surface area contributed by atoms with Crippen LogP contribution in [0.5, 0.6) is 0 Å². The van der Waals surface area contributed by atoms with Crippen LogP contribution in [-0.4, -0.2) is 12.6 Å². The van der Waals surface area contributed by atoms with Crippen molar-refractivity contribution in [2.24, 2.45) is 5.73 Å². The standard InChI is InChI=1S/C13H17BrN2O/c1-9(5-6-15)16-8-11-7-10-3-2-4-12(14)13(10)17-11/h2-4,7,9,16H,5-6,8,15H2,1H3. The molecule has 1 aromatic carbocycles. The Morgan fingerprint density at radius 1 is 1.47 bits per heavy atom. The summed E-state index contributed by atoms with van der Waals surface area (Å²) in [6, 6.07) is 8.53. The molecule has 0 aliphatic rings. The fraction of sp³-hybridized carbons (Fsp3) is 0.385. The Labute approximate surface area is 109 Å². The number of fused-ring (bicyclic) bond motifs is 1. The Morgan fingerprint density at radius 3 is 3.00 bits per heavy atom. The van der Waals surface area contributed by atoms with E-state index in [2.05, 4.69) is 40.3 Å². The van der Waals surface area contributed by atoms with Crippen LogP contribution in [0.25, 0.3) is 11.0 Å². The van der Waals surface area contributed by atoms with Crippen molar-refractivity contribution in [3.8, 4) is 0 Å². The fourth-order valence-electron chi connectivity index (χ4n) is 1.79. The van der Waals surface area contributed by atoms with Gasteiger partial charge in [-0.1, -0.05) is 12.1 Å². The minimum atomic E-state index is 0.414. The zero-order chi connectivity index (χ0) is 12.3. The second kappa shape index (κ2) is 5.67. The van der Waals surface area contributed by atoms with E-state index in [0.717, 1.165) is 34.2 Å². The van der Waals surface area contributed by atoms with Gasteiger partial charge in [0.05, 0.1) is 11.0 Å². The minimum Gasteiger partial charge on any atom is -0.459 e. The van der Waals surface area contributed by atoms with Crippen molar-refractivity contribution in [2.45, 2.75) is 25.9 Å². The summed E-state index contributed by atoms with van der Waals surface area (Å²) in [5.74, 6) is 0.954. The molecule has 3 nitrogen and oxygen atoms in total. The van der Waals surface area contributed by atoms with E-state index in [1.807, 2.05) is 12.1 Å². The van der Waals surface area contributed by atoms with Gasteiger partial charge in [-0.2, -0.15) is 0 Å². The number of para-hydroxylation sites is 1. The van der Waals surface area contributed by atoms with Crippen molar-refractivity contribution in [3.05, 3.63) is 34.5 Å². The molecule has 3 N–H and O–H groups in total. The van der Waals surface area contributed by atoms with Gasteiger partial charge in [0.2, 0.25) is 0 Å². The van der Waals surface area contributed by atoms with Gasteiger partial charge in [0.25, 0.3) is 0 Å². The molecule has 4 heteroatoms. The minimum absolute atomic E-state index is 0.414. The summed E-state index contributed by atoms with van der Waals surface area (Å²) >= 11 is 3.48. The zero-order valence-corrected chi connectivity index (χ0v) is 11.5. The lowest BCUT2D eigenvalue weighted by Crippen LogP contribution is -2.27. The SMILES string of the molecule is CC(CCN)NCc1cc2cccc(Br)c2o1. The van der Waals surface area contributed by atoms with Crippen molar-refractivity contribution in [2.75, 3.05) is 6.54 Å². The third kappa shape index (κ3) is 3.09. The molecule has 0 radical (unpaired) electrons. The second-order valence-electron chi connectivity index (χ2n) is 4.23. The summed E-state index contributed by atoms with van der Waals surface area (Å²) in [6.45, 7) is 3.58. The number of hydrogen-bond acceptors (Lipinski definition) is 3. The summed E-state index contributed by atoms with van der Waals surface area (Å²) in [4.78, 5) is 0. The first kappa shape index (κ1) is 12.6. The summed E-state index contributed by atoms with van der Waals surface area (Å²) < 4.78 is 6.78. The van der Waals surface area contributed by atoms with Crippen LogP contribution >= 0.6 is 15.9 Å². The van der Waals surface area contributed by atoms with Gasteiger partial charge in [0.1, 0.15) is 11.3 Å². The molecule has 0 bridgehead atoms. The summed E-state index contributed by atoms with van der Waals surface area (Å²) in [5.41, 5.74) is 6.42. The number of benzene rings is 1. The highest BCUT2D eigenvalue weighted by Crippen LogP contribution is 2.26. The predicted octanol–water partition coefficient (Wildman–Crippen LogP) is 3.02. The summed E-state index contributed by atoms with van der Waals surface area (Å²) in [7, 11) is 0. The molecule has 0 saturated heterocycles. The van der Waals surface area contributed by atoms with Gasteiger partial charge in [-0.15, -0.1) is 0 Å². The Kier molecular flexibility index (Phi) is 4.20. The van der Waals surface area contributed by atoms with Crippen molar-refractivity contribution in [3.63, 3.8) is 0 Å². The Morgan fingerprint density at radius 2 is 2.29 bits per heavy atom. The molecule has 0 saturated carbocycles. The van der Waals surface area contributed by atoms with Crippen LogP contribution in [0.3, 0.4) is 0 Å². The van der Waals surface area contributed by atoms with Gasteiger partial charge in [-0.3, -0.25) is 0 Å². The highest BCUT2D eigenvalue weighted by Gasteiger charge is 2.07. The largest absolute Gasteiger partial charge is 0.459 e. The van der Waals surface area contributed by atoms with Crippen LogP contribution in [-0.2, 0) is 6.54 Å². The molecular formula is C13H17BrN2O. The number of rotatable bonds is 5. The van der Waals surface area contributed by atoms with E-state index < -0.39 is 0 Å². The van der Waals surface area contributed by atoms with Crippen LogP contribution < -0.4 is 11.1 Å². The quantitative estimate of drug-likeness (QED) is 0.892. The van der Waals surface area contributed by atoms with Gasteiger partial charge in [0.15, 0.2) is 0 Å². The molecule has 2 rings (SSSR count). The monoisotopic (exact) mass is 296 g/mol. The first-order chi connectivity index (χ1) is 8.20. The Hall–Kier alpha value is -0.840. The highest BCUT2D eigenvalue weighted by molar-refractivity contribution is 9.10. The number of furan rings is 1. The molecule has 0 fully saturated rings. The normalized spacial score (nSPS) is 13.1. The average molecular weight is 297 g/mol. The summed E-state index contributed by atoms with van der Waals surface area (Å²) in [6.07, 6.45) is 0.976. The topological polar surface area (TPSA) is 51.2 Å².